The number of aryl methyl sites for hydroxylation is 1. The number of pyridine rings is 1. The Bertz CT molecular complexity index is 583. The van der Waals surface area contributed by atoms with Gasteiger partial charge in [0, 0.05) is 6.20 Å². The standard InChI is InChI=1S/C15H14N2OS/c1-11-7-8-13(16-9-11)17-14(18)10-19-15(17)12-5-3-2-4-6-12/h2-9,15H,10H2,1H3. The summed E-state index contributed by atoms with van der Waals surface area (Å²) < 4.78 is 0. The highest BCUT2D eigenvalue weighted by atomic mass is 32.2. The first kappa shape index (κ1) is 12.2. The van der Waals surface area contributed by atoms with Crippen LogP contribution in [-0.2, 0) is 4.79 Å². The normalized spacial score (nSPS) is 18.9. The molecule has 0 aliphatic carbocycles. The zero-order chi connectivity index (χ0) is 13.2. The van der Waals surface area contributed by atoms with Gasteiger partial charge in [0.1, 0.15) is 11.2 Å². The number of anilines is 1. The van der Waals surface area contributed by atoms with Gasteiger partial charge in [-0.25, -0.2) is 4.98 Å². The van der Waals surface area contributed by atoms with E-state index in [9.17, 15) is 4.79 Å². The van der Waals surface area contributed by atoms with Gasteiger partial charge in [-0.3, -0.25) is 9.69 Å². The van der Waals surface area contributed by atoms with Crippen molar-refractivity contribution < 1.29 is 4.79 Å². The monoisotopic (exact) mass is 270 g/mol. The maximum atomic E-state index is 12.1. The van der Waals surface area contributed by atoms with E-state index in [2.05, 4.69) is 17.1 Å². The van der Waals surface area contributed by atoms with E-state index in [0.717, 1.165) is 16.9 Å². The number of amides is 1. The Morgan fingerprint density at radius 1 is 1.21 bits per heavy atom. The molecule has 1 atom stereocenters. The van der Waals surface area contributed by atoms with Crippen molar-refractivity contribution in [3.8, 4) is 0 Å². The molecule has 4 heteroatoms. The molecule has 2 heterocycles. The van der Waals surface area contributed by atoms with Gasteiger partial charge in [0.25, 0.3) is 0 Å². The van der Waals surface area contributed by atoms with Crippen molar-refractivity contribution in [1.82, 2.24) is 4.98 Å². The molecule has 19 heavy (non-hydrogen) atoms. The number of nitrogens with zero attached hydrogens (tertiary/aromatic N) is 2. The summed E-state index contributed by atoms with van der Waals surface area (Å²) in [6, 6.07) is 14.0. The largest absolute Gasteiger partial charge is 0.279 e. The van der Waals surface area contributed by atoms with Crippen molar-refractivity contribution in [2.24, 2.45) is 0 Å². The molecular formula is C15H14N2OS. The number of aromatic nitrogens is 1. The molecule has 0 N–H and O–H groups in total. The van der Waals surface area contributed by atoms with Crippen LogP contribution in [0.15, 0.2) is 48.7 Å². The molecule has 2 aromatic rings. The van der Waals surface area contributed by atoms with Crippen molar-refractivity contribution in [2.75, 3.05) is 10.7 Å². The van der Waals surface area contributed by atoms with Crippen molar-refractivity contribution in [3.05, 3.63) is 59.8 Å². The van der Waals surface area contributed by atoms with E-state index >= 15 is 0 Å². The molecule has 3 rings (SSSR count). The summed E-state index contributed by atoms with van der Waals surface area (Å²) >= 11 is 1.65. The topological polar surface area (TPSA) is 33.2 Å². The average Bonchev–Trinajstić information content (AvgIpc) is 2.83. The quantitative estimate of drug-likeness (QED) is 0.840. The first-order valence-corrected chi connectivity index (χ1v) is 7.22. The van der Waals surface area contributed by atoms with Crippen molar-refractivity contribution in [2.45, 2.75) is 12.3 Å². The van der Waals surface area contributed by atoms with E-state index in [1.54, 1.807) is 22.9 Å². The van der Waals surface area contributed by atoms with E-state index < -0.39 is 0 Å². The Morgan fingerprint density at radius 2 is 2.00 bits per heavy atom. The van der Waals surface area contributed by atoms with Crippen LogP contribution in [0, 0.1) is 6.92 Å². The number of carbonyl (C=O) groups excluding carboxylic acids is 1. The number of thioether (sulfide) groups is 1. The minimum absolute atomic E-state index is 0.0314. The fourth-order valence-corrected chi connectivity index (χ4v) is 3.30. The van der Waals surface area contributed by atoms with Crippen LogP contribution in [0.5, 0.6) is 0 Å². The average molecular weight is 270 g/mol. The van der Waals surface area contributed by atoms with Gasteiger partial charge < -0.3 is 0 Å². The molecule has 1 aromatic heterocycles. The maximum absolute atomic E-state index is 12.1. The summed E-state index contributed by atoms with van der Waals surface area (Å²) in [6.07, 6.45) is 1.80. The first-order chi connectivity index (χ1) is 9.25. The lowest BCUT2D eigenvalue weighted by molar-refractivity contribution is -0.115. The van der Waals surface area contributed by atoms with Crippen LogP contribution in [0.25, 0.3) is 0 Å². The Kier molecular flexibility index (Phi) is 3.25. The van der Waals surface area contributed by atoms with Gasteiger partial charge in [-0.1, -0.05) is 36.4 Å². The van der Waals surface area contributed by atoms with Crippen LogP contribution in [0.4, 0.5) is 5.82 Å². The third kappa shape index (κ3) is 2.36. The van der Waals surface area contributed by atoms with E-state index in [1.165, 1.54) is 0 Å². The molecular weight excluding hydrogens is 256 g/mol. The minimum Gasteiger partial charge on any atom is -0.279 e. The summed E-state index contributed by atoms with van der Waals surface area (Å²) in [5, 5.41) is 0.0314. The van der Waals surface area contributed by atoms with Gasteiger partial charge in [-0.05, 0) is 24.1 Å². The number of carbonyl (C=O) groups is 1. The van der Waals surface area contributed by atoms with Crippen LogP contribution in [0.1, 0.15) is 16.5 Å². The van der Waals surface area contributed by atoms with Gasteiger partial charge in [0.05, 0.1) is 5.75 Å². The van der Waals surface area contributed by atoms with Crippen LogP contribution >= 0.6 is 11.8 Å². The summed E-state index contributed by atoms with van der Waals surface area (Å²) in [6.45, 7) is 1.99. The van der Waals surface area contributed by atoms with Crippen molar-refractivity contribution in [3.63, 3.8) is 0 Å². The molecule has 1 aliphatic rings. The van der Waals surface area contributed by atoms with E-state index in [-0.39, 0.29) is 11.3 Å². The van der Waals surface area contributed by atoms with E-state index in [1.807, 2.05) is 37.3 Å². The van der Waals surface area contributed by atoms with Crippen molar-refractivity contribution in [1.29, 1.82) is 0 Å². The Morgan fingerprint density at radius 3 is 2.68 bits per heavy atom. The second kappa shape index (κ2) is 5.05. The molecule has 1 unspecified atom stereocenters. The molecule has 1 aliphatic heterocycles. The third-order valence-corrected chi connectivity index (χ3v) is 4.31. The predicted octanol–water partition coefficient (Wildman–Crippen LogP) is 3.17. The summed E-state index contributed by atoms with van der Waals surface area (Å²) in [7, 11) is 0. The van der Waals surface area contributed by atoms with Crippen LogP contribution in [0.3, 0.4) is 0 Å². The Hall–Kier alpha value is -1.81. The molecule has 1 amide bonds. The molecule has 1 aromatic carbocycles. The SMILES string of the molecule is Cc1ccc(N2C(=O)CSC2c2ccccc2)nc1. The van der Waals surface area contributed by atoms with Gasteiger partial charge >= 0.3 is 0 Å². The first-order valence-electron chi connectivity index (χ1n) is 6.17. The Labute approximate surface area is 116 Å². The Balaban J connectivity index is 1.97. The van der Waals surface area contributed by atoms with Gasteiger partial charge in [0.2, 0.25) is 5.91 Å². The highest BCUT2D eigenvalue weighted by Gasteiger charge is 2.34. The number of hydrogen-bond acceptors (Lipinski definition) is 3. The van der Waals surface area contributed by atoms with E-state index in [0.29, 0.717) is 5.75 Å². The predicted molar refractivity (Wildman–Crippen MR) is 78.1 cm³/mol. The summed E-state index contributed by atoms with van der Waals surface area (Å²) in [5.74, 6) is 1.36. The molecule has 0 saturated carbocycles. The van der Waals surface area contributed by atoms with E-state index in [4.69, 9.17) is 0 Å². The fraction of sp³-hybridized carbons (Fsp3) is 0.200. The lowest BCUT2D eigenvalue weighted by atomic mass is 10.2. The number of hydrogen-bond donors (Lipinski definition) is 0. The second-order valence-electron chi connectivity index (χ2n) is 4.53. The second-order valence-corrected chi connectivity index (χ2v) is 5.60. The molecule has 0 radical (unpaired) electrons. The number of rotatable bonds is 2. The summed E-state index contributed by atoms with van der Waals surface area (Å²) in [5.41, 5.74) is 2.24. The molecule has 0 bridgehead atoms. The zero-order valence-corrected chi connectivity index (χ0v) is 11.4. The van der Waals surface area contributed by atoms with Gasteiger partial charge in [-0.2, -0.15) is 0 Å². The smallest absolute Gasteiger partial charge is 0.239 e. The third-order valence-electron chi connectivity index (χ3n) is 3.10. The molecule has 96 valence electrons. The lowest BCUT2D eigenvalue weighted by Gasteiger charge is -2.23. The summed E-state index contributed by atoms with van der Waals surface area (Å²) in [4.78, 5) is 18.3. The lowest BCUT2D eigenvalue weighted by Crippen LogP contribution is -2.28. The van der Waals surface area contributed by atoms with Crippen LogP contribution in [0.2, 0.25) is 0 Å². The minimum atomic E-state index is 0.0314. The zero-order valence-electron chi connectivity index (χ0n) is 10.6. The van der Waals surface area contributed by atoms with Gasteiger partial charge in [0.15, 0.2) is 0 Å². The number of benzene rings is 1. The van der Waals surface area contributed by atoms with Crippen LogP contribution < -0.4 is 4.90 Å². The fourth-order valence-electron chi connectivity index (χ4n) is 2.14. The molecule has 1 fully saturated rings. The van der Waals surface area contributed by atoms with Crippen molar-refractivity contribution >= 4 is 23.5 Å². The van der Waals surface area contributed by atoms with Gasteiger partial charge in [-0.15, -0.1) is 11.8 Å². The molecule has 3 nitrogen and oxygen atoms in total. The maximum Gasteiger partial charge on any atom is 0.239 e. The van der Waals surface area contributed by atoms with Crippen LogP contribution in [-0.4, -0.2) is 16.6 Å². The molecule has 0 spiro atoms. The highest BCUT2D eigenvalue weighted by Crippen LogP contribution is 2.40. The molecule has 1 saturated heterocycles. The highest BCUT2D eigenvalue weighted by molar-refractivity contribution is 8.00.